The lowest BCUT2D eigenvalue weighted by Crippen LogP contribution is -2.10. The Hall–Kier alpha value is -4.10. The molecule has 0 aliphatic carbocycles. The maximum Gasteiger partial charge on any atom is 0.291 e. The molecular formula is C25H19ClN4O3. The van der Waals surface area contributed by atoms with Crippen LogP contribution in [0.3, 0.4) is 0 Å². The highest BCUT2D eigenvalue weighted by Crippen LogP contribution is 2.26. The molecule has 0 spiro atoms. The number of rotatable bonds is 6. The second-order valence-electron chi connectivity index (χ2n) is 7.25. The molecule has 0 unspecified atom stereocenters. The summed E-state index contributed by atoms with van der Waals surface area (Å²) in [5, 5.41) is 12.5. The molecule has 5 rings (SSSR count). The van der Waals surface area contributed by atoms with Crippen molar-refractivity contribution in [1.29, 1.82) is 0 Å². The zero-order valence-electron chi connectivity index (χ0n) is 17.7. The summed E-state index contributed by atoms with van der Waals surface area (Å²) < 4.78 is 11.2. The summed E-state index contributed by atoms with van der Waals surface area (Å²) >= 11 is 6.04. The van der Waals surface area contributed by atoms with E-state index in [0.29, 0.717) is 34.1 Å². The predicted octanol–water partition coefficient (Wildman–Crippen LogP) is 5.98. The van der Waals surface area contributed by atoms with E-state index in [4.69, 9.17) is 20.8 Å². The molecule has 2 heterocycles. The van der Waals surface area contributed by atoms with E-state index >= 15 is 0 Å². The van der Waals surface area contributed by atoms with Crippen LogP contribution in [0.2, 0.25) is 5.02 Å². The van der Waals surface area contributed by atoms with E-state index in [1.165, 1.54) is 0 Å². The van der Waals surface area contributed by atoms with Crippen molar-refractivity contribution >= 4 is 34.2 Å². The molecule has 1 N–H and O–H groups in total. The van der Waals surface area contributed by atoms with Gasteiger partial charge in [0.25, 0.3) is 5.91 Å². The number of ether oxygens (including phenoxy) is 1. The highest BCUT2D eigenvalue weighted by molar-refractivity contribution is 6.30. The average molecular weight is 459 g/mol. The summed E-state index contributed by atoms with van der Waals surface area (Å²) in [7, 11) is 0. The number of furan rings is 1. The van der Waals surface area contributed by atoms with Gasteiger partial charge in [-0.3, -0.25) is 4.79 Å². The number of halogens is 1. The van der Waals surface area contributed by atoms with Gasteiger partial charge >= 0.3 is 0 Å². The number of nitrogens with one attached hydrogen (secondary N) is 1. The second kappa shape index (κ2) is 8.80. The Morgan fingerprint density at radius 1 is 1.00 bits per heavy atom. The first kappa shape index (κ1) is 20.8. The van der Waals surface area contributed by atoms with Gasteiger partial charge in [-0.25, -0.2) is 0 Å². The smallest absolute Gasteiger partial charge is 0.291 e. The summed E-state index contributed by atoms with van der Waals surface area (Å²) in [4.78, 5) is 14.2. The van der Waals surface area contributed by atoms with Gasteiger partial charge in [-0.15, -0.1) is 10.2 Å². The molecule has 0 saturated carbocycles. The van der Waals surface area contributed by atoms with Crippen molar-refractivity contribution in [2.24, 2.45) is 0 Å². The average Bonchev–Trinajstić information content (AvgIpc) is 3.47. The minimum atomic E-state index is -0.360. The Labute approximate surface area is 194 Å². The number of hydrogen-bond donors (Lipinski definition) is 1. The summed E-state index contributed by atoms with van der Waals surface area (Å²) in [6.07, 6.45) is 0. The van der Waals surface area contributed by atoms with Gasteiger partial charge in [0.05, 0.1) is 12.3 Å². The van der Waals surface area contributed by atoms with E-state index in [0.717, 1.165) is 17.0 Å². The quantitative estimate of drug-likeness (QED) is 0.338. The Morgan fingerprint density at radius 2 is 1.82 bits per heavy atom. The van der Waals surface area contributed by atoms with Gasteiger partial charge in [-0.1, -0.05) is 23.7 Å². The molecule has 0 fully saturated rings. The van der Waals surface area contributed by atoms with Crippen LogP contribution in [0.1, 0.15) is 17.5 Å². The van der Waals surface area contributed by atoms with E-state index in [-0.39, 0.29) is 11.7 Å². The first-order valence-electron chi connectivity index (χ1n) is 10.4. The number of aromatic nitrogens is 3. The van der Waals surface area contributed by atoms with Crippen LogP contribution in [0.5, 0.6) is 5.75 Å². The Kier molecular flexibility index (Phi) is 5.54. The Bertz CT molecular complexity index is 1440. The zero-order chi connectivity index (χ0) is 22.8. The van der Waals surface area contributed by atoms with Crippen LogP contribution in [0.25, 0.3) is 28.0 Å². The molecule has 0 saturated heterocycles. The van der Waals surface area contributed by atoms with Gasteiger partial charge in [0.1, 0.15) is 22.5 Å². The van der Waals surface area contributed by atoms with Gasteiger partial charge in [-0.2, -0.15) is 4.80 Å². The number of carbonyl (C=O) groups is 1. The minimum Gasteiger partial charge on any atom is -0.494 e. The highest BCUT2D eigenvalue weighted by atomic mass is 35.5. The summed E-state index contributed by atoms with van der Waals surface area (Å²) in [5.41, 5.74) is 3.56. The van der Waals surface area contributed by atoms with Crippen LogP contribution >= 0.6 is 11.6 Å². The van der Waals surface area contributed by atoms with Gasteiger partial charge in [0.15, 0.2) is 5.76 Å². The van der Waals surface area contributed by atoms with Crippen LogP contribution in [-0.4, -0.2) is 27.5 Å². The van der Waals surface area contributed by atoms with Gasteiger partial charge in [-0.05, 0) is 73.7 Å². The molecule has 33 heavy (non-hydrogen) atoms. The van der Waals surface area contributed by atoms with Crippen LogP contribution < -0.4 is 10.1 Å². The molecule has 2 aromatic heterocycles. The third-order valence-corrected chi connectivity index (χ3v) is 5.19. The van der Waals surface area contributed by atoms with Crippen LogP contribution in [-0.2, 0) is 0 Å². The molecular weight excluding hydrogens is 440 g/mol. The van der Waals surface area contributed by atoms with Crippen LogP contribution in [0.4, 0.5) is 5.69 Å². The largest absolute Gasteiger partial charge is 0.494 e. The van der Waals surface area contributed by atoms with Gasteiger partial charge < -0.3 is 14.5 Å². The predicted molar refractivity (Wildman–Crippen MR) is 127 cm³/mol. The normalized spacial score (nSPS) is 11.0. The third-order valence-electron chi connectivity index (χ3n) is 4.96. The van der Waals surface area contributed by atoms with Crippen LogP contribution in [0.15, 0.2) is 83.3 Å². The fourth-order valence-electron chi connectivity index (χ4n) is 3.40. The molecule has 3 aromatic carbocycles. The molecule has 0 bridgehead atoms. The highest BCUT2D eigenvalue weighted by Gasteiger charge is 2.14. The van der Waals surface area contributed by atoms with E-state index in [2.05, 4.69) is 15.5 Å². The molecule has 8 heteroatoms. The number of fused-ring (bicyclic) bond motifs is 1. The van der Waals surface area contributed by atoms with Crippen molar-refractivity contribution in [2.75, 3.05) is 11.9 Å². The second-order valence-corrected chi connectivity index (χ2v) is 7.68. The number of hydrogen-bond acceptors (Lipinski definition) is 5. The summed E-state index contributed by atoms with van der Waals surface area (Å²) in [6.45, 7) is 2.55. The third kappa shape index (κ3) is 4.44. The molecule has 164 valence electrons. The summed E-state index contributed by atoms with van der Waals surface area (Å²) in [5.74, 6) is 1.19. The standard InChI is InChI=1S/C25H19ClN4O3/c1-2-32-20-9-7-19(8-10-20)30-28-21-11-6-18(15-22(21)29-30)27-25(31)24-13-12-23(33-24)16-4-3-5-17(26)14-16/h3-15H,2H2,1H3,(H,27,31). The monoisotopic (exact) mass is 458 g/mol. The Morgan fingerprint density at radius 3 is 2.61 bits per heavy atom. The van der Waals surface area contributed by atoms with Gasteiger partial charge in [0.2, 0.25) is 0 Å². The maximum absolute atomic E-state index is 12.7. The fraction of sp³-hybridized carbons (Fsp3) is 0.0800. The number of amides is 1. The van der Waals surface area contributed by atoms with Crippen molar-refractivity contribution in [3.05, 3.63) is 89.6 Å². The lowest BCUT2D eigenvalue weighted by Gasteiger charge is -2.03. The number of anilines is 1. The van der Waals surface area contributed by atoms with Crippen molar-refractivity contribution in [1.82, 2.24) is 15.0 Å². The minimum absolute atomic E-state index is 0.197. The van der Waals surface area contributed by atoms with Crippen molar-refractivity contribution < 1.29 is 13.9 Å². The van der Waals surface area contributed by atoms with Crippen LogP contribution in [0, 0.1) is 0 Å². The van der Waals surface area contributed by atoms with E-state index in [1.807, 2.05) is 49.4 Å². The molecule has 0 atom stereocenters. The van der Waals surface area contributed by atoms with E-state index in [1.54, 1.807) is 41.2 Å². The number of nitrogens with zero attached hydrogens (tertiary/aromatic N) is 3. The molecule has 7 nitrogen and oxygen atoms in total. The topological polar surface area (TPSA) is 82.2 Å². The Balaban J connectivity index is 1.33. The fourth-order valence-corrected chi connectivity index (χ4v) is 3.59. The van der Waals surface area contributed by atoms with Crippen molar-refractivity contribution in [3.8, 4) is 22.8 Å². The maximum atomic E-state index is 12.7. The number of carbonyl (C=O) groups excluding carboxylic acids is 1. The first-order chi connectivity index (χ1) is 16.1. The lowest BCUT2D eigenvalue weighted by atomic mass is 10.2. The zero-order valence-corrected chi connectivity index (χ0v) is 18.4. The molecule has 1 amide bonds. The number of benzene rings is 3. The van der Waals surface area contributed by atoms with Gasteiger partial charge in [0, 0.05) is 16.3 Å². The van der Waals surface area contributed by atoms with Crippen molar-refractivity contribution in [2.45, 2.75) is 6.92 Å². The van der Waals surface area contributed by atoms with E-state index in [9.17, 15) is 4.79 Å². The molecule has 0 radical (unpaired) electrons. The first-order valence-corrected chi connectivity index (χ1v) is 10.7. The molecule has 0 aliphatic heterocycles. The van der Waals surface area contributed by atoms with E-state index < -0.39 is 0 Å². The molecule has 0 aliphatic rings. The summed E-state index contributed by atoms with van der Waals surface area (Å²) in [6, 6.07) is 23.5. The lowest BCUT2D eigenvalue weighted by molar-refractivity contribution is 0.0997. The van der Waals surface area contributed by atoms with Crippen molar-refractivity contribution in [3.63, 3.8) is 0 Å². The molecule has 5 aromatic rings. The SMILES string of the molecule is CCOc1ccc(-n2nc3ccc(NC(=O)c4ccc(-c5cccc(Cl)c5)o4)cc3n2)cc1.